The number of sulfone groups is 1. The van der Waals surface area contributed by atoms with Gasteiger partial charge in [-0.05, 0) is 32.9 Å². The van der Waals surface area contributed by atoms with Crippen molar-refractivity contribution in [3.8, 4) is 0 Å². The van der Waals surface area contributed by atoms with E-state index in [4.69, 9.17) is 4.99 Å². The fourth-order valence-electron chi connectivity index (χ4n) is 3.23. The molecule has 2 heterocycles. The van der Waals surface area contributed by atoms with Crippen LogP contribution in [0.1, 0.15) is 26.6 Å². The molecule has 1 N–H and O–H groups in total. The van der Waals surface area contributed by atoms with Crippen molar-refractivity contribution in [1.82, 2.24) is 19.8 Å². The first-order valence-corrected chi connectivity index (χ1v) is 10.6. The van der Waals surface area contributed by atoms with Crippen LogP contribution in [0.3, 0.4) is 0 Å². The van der Waals surface area contributed by atoms with Crippen LogP contribution in [-0.2, 0) is 23.4 Å². The molecule has 0 unspecified atom stereocenters. The number of halogens is 1. The van der Waals surface area contributed by atoms with Crippen molar-refractivity contribution in [3.05, 3.63) is 30.1 Å². The van der Waals surface area contributed by atoms with Gasteiger partial charge in [0.1, 0.15) is 12.4 Å². The SMILES string of the molecule is CCNC(=NCc1nc2ccccc2n1C)N1CCS(=O)(=O)C(C)(C)C1.I. The molecule has 0 radical (unpaired) electrons. The van der Waals surface area contributed by atoms with Gasteiger partial charge in [-0.2, -0.15) is 0 Å². The number of fused-ring (bicyclic) bond motifs is 1. The van der Waals surface area contributed by atoms with Gasteiger partial charge in [0.25, 0.3) is 0 Å². The lowest BCUT2D eigenvalue weighted by atomic mass is 10.2. The van der Waals surface area contributed by atoms with E-state index in [0.717, 1.165) is 29.4 Å². The van der Waals surface area contributed by atoms with Crippen molar-refractivity contribution in [1.29, 1.82) is 0 Å². The third kappa shape index (κ3) is 4.39. The van der Waals surface area contributed by atoms with Gasteiger partial charge in [-0.15, -0.1) is 24.0 Å². The number of imidazole rings is 1. The third-order valence-corrected chi connectivity index (χ3v) is 7.46. The minimum atomic E-state index is -3.07. The van der Waals surface area contributed by atoms with E-state index >= 15 is 0 Å². The van der Waals surface area contributed by atoms with E-state index in [9.17, 15) is 8.42 Å². The summed E-state index contributed by atoms with van der Waals surface area (Å²) in [6.07, 6.45) is 0. The second-order valence-electron chi connectivity index (χ2n) is 7.25. The number of guanidine groups is 1. The number of hydrogen-bond donors (Lipinski definition) is 1. The number of nitrogens with one attached hydrogen (secondary N) is 1. The number of nitrogens with zero attached hydrogens (tertiary/aromatic N) is 4. The molecule has 150 valence electrons. The maximum Gasteiger partial charge on any atom is 0.194 e. The van der Waals surface area contributed by atoms with E-state index in [0.29, 0.717) is 19.6 Å². The second-order valence-corrected chi connectivity index (χ2v) is 9.99. The molecule has 1 aliphatic rings. The fraction of sp³-hybridized carbons (Fsp3) is 0.556. The smallest absolute Gasteiger partial charge is 0.194 e. The van der Waals surface area contributed by atoms with E-state index in [-0.39, 0.29) is 29.7 Å². The zero-order chi connectivity index (χ0) is 18.9. The first-order chi connectivity index (χ1) is 12.2. The van der Waals surface area contributed by atoms with Gasteiger partial charge >= 0.3 is 0 Å². The Hall–Kier alpha value is -1.36. The van der Waals surface area contributed by atoms with Crippen LogP contribution in [0.4, 0.5) is 0 Å². The first kappa shape index (κ1) is 21.9. The van der Waals surface area contributed by atoms with Crippen LogP contribution < -0.4 is 5.32 Å². The molecule has 7 nitrogen and oxygen atoms in total. The minimum absolute atomic E-state index is 0. The van der Waals surface area contributed by atoms with Gasteiger partial charge in [-0.3, -0.25) is 0 Å². The molecule has 2 aromatic rings. The van der Waals surface area contributed by atoms with Gasteiger partial charge in [0.05, 0.1) is 21.5 Å². The molecule has 0 atom stereocenters. The molecular formula is C18H28IN5O2S. The molecule has 27 heavy (non-hydrogen) atoms. The Balaban J connectivity index is 0.00000261. The number of benzene rings is 1. The van der Waals surface area contributed by atoms with E-state index in [1.54, 1.807) is 13.8 Å². The number of aryl methyl sites for hydroxylation is 1. The Labute approximate surface area is 178 Å². The number of hydrogen-bond acceptors (Lipinski definition) is 4. The Morgan fingerprint density at radius 3 is 2.67 bits per heavy atom. The molecule has 1 aromatic heterocycles. The zero-order valence-electron chi connectivity index (χ0n) is 16.3. The van der Waals surface area contributed by atoms with Crippen molar-refractivity contribution < 1.29 is 8.42 Å². The van der Waals surface area contributed by atoms with E-state index in [1.165, 1.54) is 0 Å². The molecule has 0 spiro atoms. The monoisotopic (exact) mass is 505 g/mol. The predicted molar refractivity (Wildman–Crippen MR) is 120 cm³/mol. The molecule has 0 amide bonds. The van der Waals surface area contributed by atoms with Crippen LogP contribution in [0.5, 0.6) is 0 Å². The first-order valence-electron chi connectivity index (χ1n) is 8.91. The number of aliphatic imine (C=N–C) groups is 1. The normalized spacial score (nSPS) is 19.0. The highest BCUT2D eigenvalue weighted by molar-refractivity contribution is 14.0. The van der Waals surface area contributed by atoms with Gasteiger partial charge in [0.2, 0.25) is 0 Å². The maximum absolute atomic E-state index is 12.3. The van der Waals surface area contributed by atoms with Gasteiger partial charge in [0.15, 0.2) is 15.8 Å². The van der Waals surface area contributed by atoms with Crippen molar-refractivity contribution in [2.75, 3.05) is 25.4 Å². The summed E-state index contributed by atoms with van der Waals surface area (Å²) in [6, 6.07) is 8.00. The molecule has 3 rings (SSSR count). The number of para-hydroxylation sites is 2. The Kier molecular flexibility index (Phi) is 6.77. The van der Waals surface area contributed by atoms with Crippen molar-refractivity contribution in [3.63, 3.8) is 0 Å². The molecule has 1 aromatic carbocycles. The molecule has 9 heteroatoms. The highest BCUT2D eigenvalue weighted by Crippen LogP contribution is 2.24. The van der Waals surface area contributed by atoms with Crippen LogP contribution in [0.2, 0.25) is 0 Å². The molecule has 1 saturated heterocycles. The fourth-order valence-corrected chi connectivity index (χ4v) is 4.60. The number of rotatable bonds is 3. The van der Waals surface area contributed by atoms with Crippen LogP contribution >= 0.6 is 24.0 Å². The molecule has 0 bridgehead atoms. The Morgan fingerprint density at radius 2 is 2.04 bits per heavy atom. The van der Waals surface area contributed by atoms with Gasteiger partial charge in [-0.25, -0.2) is 18.4 Å². The minimum Gasteiger partial charge on any atom is -0.357 e. The standard InChI is InChI=1S/C18H27N5O2S.HI/c1-5-19-17(23-10-11-26(24,25)18(2,3)13-23)20-12-16-21-14-8-6-7-9-15(14)22(16)4;/h6-9H,5,10-13H2,1-4H3,(H,19,20);1H. The highest BCUT2D eigenvalue weighted by atomic mass is 127. The van der Waals surface area contributed by atoms with E-state index < -0.39 is 14.6 Å². The summed E-state index contributed by atoms with van der Waals surface area (Å²) >= 11 is 0. The van der Waals surface area contributed by atoms with Crippen molar-refractivity contribution in [2.45, 2.75) is 32.1 Å². The molecule has 0 aliphatic carbocycles. The number of aromatic nitrogens is 2. The summed E-state index contributed by atoms with van der Waals surface area (Å²) in [4.78, 5) is 11.4. The highest BCUT2D eigenvalue weighted by Gasteiger charge is 2.40. The van der Waals surface area contributed by atoms with Gasteiger partial charge < -0.3 is 14.8 Å². The summed E-state index contributed by atoms with van der Waals surface area (Å²) in [6.45, 7) is 7.63. The Morgan fingerprint density at radius 1 is 1.33 bits per heavy atom. The lowest BCUT2D eigenvalue weighted by Gasteiger charge is -2.39. The predicted octanol–water partition coefficient (Wildman–Crippen LogP) is 2.17. The van der Waals surface area contributed by atoms with Crippen LogP contribution in [-0.4, -0.2) is 59.0 Å². The molecule has 1 fully saturated rings. The summed E-state index contributed by atoms with van der Waals surface area (Å²) in [7, 11) is -1.08. The van der Waals surface area contributed by atoms with Crippen molar-refractivity contribution in [2.24, 2.45) is 12.0 Å². The molecule has 0 saturated carbocycles. The maximum atomic E-state index is 12.3. The van der Waals surface area contributed by atoms with Gasteiger partial charge in [-0.1, -0.05) is 12.1 Å². The lowest BCUT2D eigenvalue weighted by Crippen LogP contribution is -2.57. The summed E-state index contributed by atoms with van der Waals surface area (Å²) in [5.74, 6) is 1.77. The molecular weight excluding hydrogens is 477 g/mol. The summed E-state index contributed by atoms with van der Waals surface area (Å²) in [5.41, 5.74) is 2.03. The Bertz CT molecular complexity index is 936. The zero-order valence-corrected chi connectivity index (χ0v) is 19.4. The largest absolute Gasteiger partial charge is 0.357 e. The summed E-state index contributed by atoms with van der Waals surface area (Å²) in [5, 5.41) is 3.28. The average Bonchev–Trinajstić information content (AvgIpc) is 2.91. The van der Waals surface area contributed by atoms with E-state index in [1.807, 2.05) is 47.7 Å². The van der Waals surface area contributed by atoms with Crippen LogP contribution in [0.15, 0.2) is 29.3 Å². The van der Waals surface area contributed by atoms with E-state index in [2.05, 4.69) is 10.3 Å². The summed E-state index contributed by atoms with van der Waals surface area (Å²) < 4.78 is 25.8. The van der Waals surface area contributed by atoms with Crippen molar-refractivity contribution >= 4 is 50.8 Å². The van der Waals surface area contributed by atoms with Crippen LogP contribution in [0, 0.1) is 0 Å². The lowest BCUT2D eigenvalue weighted by molar-refractivity contribution is 0.353. The quantitative estimate of drug-likeness (QED) is 0.393. The topological polar surface area (TPSA) is 79.6 Å². The van der Waals surface area contributed by atoms with Gasteiger partial charge in [0, 0.05) is 26.7 Å². The molecule has 1 aliphatic heterocycles. The second kappa shape index (κ2) is 8.34. The third-order valence-electron chi connectivity index (χ3n) is 4.93. The van der Waals surface area contributed by atoms with Crippen LogP contribution in [0.25, 0.3) is 11.0 Å². The average molecular weight is 505 g/mol.